The predicted octanol–water partition coefficient (Wildman–Crippen LogP) is 4.46. The molecule has 0 aliphatic heterocycles. The van der Waals surface area contributed by atoms with Crippen LogP contribution in [-0.2, 0) is 0 Å². The van der Waals surface area contributed by atoms with E-state index >= 15 is 0 Å². The quantitative estimate of drug-likeness (QED) is 0.414. The van der Waals surface area contributed by atoms with Gasteiger partial charge in [-0.15, -0.1) is 0 Å². The van der Waals surface area contributed by atoms with E-state index in [-0.39, 0.29) is 11.3 Å². The van der Waals surface area contributed by atoms with Gasteiger partial charge in [-0.05, 0) is 43.3 Å². The maximum absolute atomic E-state index is 13.9. The molecule has 30 heavy (non-hydrogen) atoms. The Hall–Kier alpha value is -3.43. The lowest BCUT2D eigenvalue weighted by Gasteiger charge is -2.16. The zero-order valence-corrected chi connectivity index (χ0v) is 15.4. The van der Waals surface area contributed by atoms with Gasteiger partial charge in [0.05, 0.1) is 17.3 Å². The van der Waals surface area contributed by atoms with Crippen molar-refractivity contribution >= 4 is 5.78 Å². The molecule has 2 aromatic carbocycles. The second-order valence-corrected chi connectivity index (χ2v) is 6.34. The molecule has 1 atom stereocenters. The van der Waals surface area contributed by atoms with Crippen LogP contribution in [-0.4, -0.2) is 27.5 Å². The van der Waals surface area contributed by atoms with Crippen molar-refractivity contribution < 1.29 is 31.5 Å². The summed E-state index contributed by atoms with van der Waals surface area (Å²) in [6, 6.07) is 8.80. The van der Waals surface area contributed by atoms with E-state index in [0.29, 0.717) is 0 Å². The van der Waals surface area contributed by atoms with E-state index in [1.54, 1.807) is 0 Å². The van der Waals surface area contributed by atoms with E-state index in [0.717, 1.165) is 27.3 Å². The minimum atomic E-state index is -4.65. The minimum absolute atomic E-state index is 0.161. The Morgan fingerprint density at radius 3 is 2.27 bits per heavy atom. The Balaban J connectivity index is 1.84. The van der Waals surface area contributed by atoms with Gasteiger partial charge in [0.1, 0.15) is 11.6 Å². The summed E-state index contributed by atoms with van der Waals surface area (Å²) in [4.78, 5) is 25.2. The van der Waals surface area contributed by atoms with Crippen LogP contribution in [0.5, 0.6) is 5.75 Å². The van der Waals surface area contributed by atoms with E-state index in [9.17, 15) is 31.5 Å². The topological polar surface area (TPSA) is 53.2 Å². The van der Waals surface area contributed by atoms with Crippen LogP contribution in [0.4, 0.5) is 22.0 Å². The first-order chi connectivity index (χ1) is 14.1. The van der Waals surface area contributed by atoms with Gasteiger partial charge in [-0.25, -0.2) is 9.18 Å². The van der Waals surface area contributed by atoms with Crippen molar-refractivity contribution in [1.29, 1.82) is 0 Å². The first-order valence-electron chi connectivity index (χ1n) is 8.65. The molecule has 0 aliphatic rings. The Morgan fingerprint density at radius 2 is 1.67 bits per heavy atom. The molecule has 10 heteroatoms. The number of hydrogen-bond acceptors (Lipinski definition) is 3. The third-order valence-corrected chi connectivity index (χ3v) is 4.36. The molecule has 3 aromatic rings. The molecular weight excluding hydrogens is 411 g/mol. The molecule has 1 aromatic heterocycles. The third-order valence-electron chi connectivity index (χ3n) is 4.36. The molecule has 0 N–H and O–H groups in total. The van der Waals surface area contributed by atoms with Gasteiger partial charge in [-0.3, -0.25) is 13.9 Å². The number of ketones is 1. The first-order valence-corrected chi connectivity index (χ1v) is 8.65. The first kappa shape index (κ1) is 21.3. The number of Topliss-reactive ketones (excluding diaryl/α,β-unsaturated/α-hetero) is 1. The number of carbonyl (C=O) groups is 1. The van der Waals surface area contributed by atoms with Gasteiger partial charge in [0.25, 0.3) is 0 Å². The van der Waals surface area contributed by atoms with Gasteiger partial charge < -0.3 is 4.74 Å². The van der Waals surface area contributed by atoms with Crippen molar-refractivity contribution in [3.8, 4) is 11.4 Å². The van der Waals surface area contributed by atoms with Gasteiger partial charge in [0.2, 0.25) is 0 Å². The fourth-order valence-corrected chi connectivity index (χ4v) is 2.77. The summed E-state index contributed by atoms with van der Waals surface area (Å²) >= 11 is 0. The molecule has 0 saturated carbocycles. The van der Waals surface area contributed by atoms with Crippen LogP contribution < -0.4 is 10.4 Å². The van der Waals surface area contributed by atoms with Gasteiger partial charge in [0, 0.05) is 12.4 Å². The molecule has 5 nitrogen and oxygen atoms in total. The summed E-state index contributed by atoms with van der Waals surface area (Å²) in [5, 5.41) is 0. The number of ether oxygens (including phenoxy) is 1. The standard InChI is InChI=1S/C20H15F5N2O3/c1-12(17(28)15-4-2-3-5-16(15)21)26-10-11-27(19(26)29)13-6-8-14(9-7-13)30-20(24,25)18(22)23/h2-12,18H,1H3/t12-/m1/s1. The van der Waals surface area contributed by atoms with Crippen LogP contribution in [0.1, 0.15) is 23.3 Å². The number of imidazole rings is 1. The average molecular weight is 426 g/mol. The Kier molecular flexibility index (Phi) is 5.77. The SMILES string of the molecule is C[C@H](C(=O)c1ccccc1F)n1ccn(-c2ccc(OC(F)(F)C(F)F)cc2)c1=O. The molecule has 3 rings (SSSR count). The lowest BCUT2D eigenvalue weighted by molar-refractivity contribution is -0.253. The minimum Gasteiger partial charge on any atom is -0.428 e. The monoisotopic (exact) mass is 426 g/mol. The number of halogens is 5. The number of benzene rings is 2. The van der Waals surface area contributed by atoms with Gasteiger partial charge in [0.15, 0.2) is 5.78 Å². The Bertz CT molecular complexity index is 1110. The number of alkyl halides is 4. The van der Waals surface area contributed by atoms with Crippen LogP contribution in [0.2, 0.25) is 0 Å². The summed E-state index contributed by atoms with van der Waals surface area (Å²) in [5.41, 5.74) is -0.582. The van der Waals surface area contributed by atoms with Crippen LogP contribution in [0.15, 0.2) is 65.7 Å². The van der Waals surface area contributed by atoms with Crippen molar-refractivity contribution in [2.45, 2.75) is 25.5 Å². The number of carbonyl (C=O) groups excluding carboxylic acids is 1. The highest BCUT2D eigenvalue weighted by Gasteiger charge is 2.43. The van der Waals surface area contributed by atoms with Crippen LogP contribution >= 0.6 is 0 Å². The summed E-state index contributed by atoms with van der Waals surface area (Å²) in [7, 11) is 0. The molecule has 158 valence electrons. The number of rotatable bonds is 7. The summed E-state index contributed by atoms with van der Waals surface area (Å²) in [5.74, 6) is -1.83. The summed E-state index contributed by atoms with van der Waals surface area (Å²) in [6.45, 7) is 1.43. The van der Waals surface area contributed by atoms with Crippen molar-refractivity contribution in [2.24, 2.45) is 0 Å². The van der Waals surface area contributed by atoms with Crippen molar-refractivity contribution in [3.05, 3.63) is 82.8 Å². The van der Waals surface area contributed by atoms with Crippen molar-refractivity contribution in [1.82, 2.24) is 9.13 Å². The van der Waals surface area contributed by atoms with Gasteiger partial charge >= 0.3 is 18.2 Å². The zero-order chi connectivity index (χ0) is 22.1. The average Bonchev–Trinajstić information content (AvgIpc) is 3.09. The van der Waals surface area contributed by atoms with Gasteiger partial charge in [-0.1, -0.05) is 12.1 Å². The van der Waals surface area contributed by atoms with E-state index in [4.69, 9.17) is 0 Å². The maximum Gasteiger partial charge on any atom is 0.461 e. The highest BCUT2D eigenvalue weighted by Crippen LogP contribution is 2.28. The molecule has 0 spiro atoms. The number of aromatic nitrogens is 2. The Labute approximate surface area is 166 Å². The number of hydrogen-bond donors (Lipinski definition) is 0. The molecular formula is C20H15F5N2O3. The lowest BCUT2D eigenvalue weighted by atomic mass is 10.0. The van der Waals surface area contributed by atoms with E-state index in [2.05, 4.69) is 4.74 Å². The second-order valence-electron chi connectivity index (χ2n) is 6.34. The number of nitrogens with zero attached hydrogens (tertiary/aromatic N) is 2. The highest BCUT2D eigenvalue weighted by atomic mass is 19.3. The largest absolute Gasteiger partial charge is 0.461 e. The summed E-state index contributed by atoms with van der Waals surface area (Å²) < 4.78 is 70.4. The van der Waals surface area contributed by atoms with Crippen LogP contribution in [0, 0.1) is 5.82 Å². The third kappa shape index (κ3) is 4.12. The fraction of sp³-hybridized carbons (Fsp3) is 0.200. The maximum atomic E-state index is 13.9. The predicted molar refractivity (Wildman–Crippen MR) is 97.0 cm³/mol. The smallest absolute Gasteiger partial charge is 0.428 e. The fourth-order valence-electron chi connectivity index (χ4n) is 2.77. The van der Waals surface area contributed by atoms with Crippen LogP contribution in [0.3, 0.4) is 0 Å². The molecule has 0 saturated heterocycles. The molecule has 1 heterocycles. The second kappa shape index (κ2) is 8.13. The van der Waals surface area contributed by atoms with E-state index < -0.39 is 41.6 Å². The van der Waals surface area contributed by atoms with E-state index in [1.165, 1.54) is 49.6 Å². The molecule has 0 fully saturated rings. The van der Waals surface area contributed by atoms with Crippen molar-refractivity contribution in [2.75, 3.05) is 0 Å². The molecule has 0 aliphatic carbocycles. The molecule has 0 bridgehead atoms. The van der Waals surface area contributed by atoms with Crippen molar-refractivity contribution in [3.63, 3.8) is 0 Å². The summed E-state index contributed by atoms with van der Waals surface area (Å²) in [6.07, 6.45) is -6.00. The molecule has 0 amide bonds. The highest BCUT2D eigenvalue weighted by molar-refractivity contribution is 5.99. The molecule has 0 unspecified atom stereocenters. The van der Waals surface area contributed by atoms with Crippen LogP contribution in [0.25, 0.3) is 5.69 Å². The van der Waals surface area contributed by atoms with Gasteiger partial charge in [-0.2, -0.15) is 17.6 Å². The molecule has 0 radical (unpaired) electrons. The van der Waals surface area contributed by atoms with E-state index in [1.807, 2.05) is 0 Å². The lowest BCUT2D eigenvalue weighted by Crippen LogP contribution is -2.33. The Morgan fingerprint density at radius 1 is 1.03 bits per heavy atom. The zero-order valence-electron chi connectivity index (χ0n) is 15.4. The normalized spacial score (nSPS) is 12.8.